The fraction of sp³-hybridized carbons (Fsp3) is 0.611. The van der Waals surface area contributed by atoms with Crippen LogP contribution in [0, 0.1) is 17.8 Å². The van der Waals surface area contributed by atoms with Crippen LogP contribution < -0.4 is 4.74 Å². The molecule has 3 nitrogen and oxygen atoms in total. The number of alkyl halides is 2. The summed E-state index contributed by atoms with van der Waals surface area (Å²) in [4.78, 5) is 12.1. The molecule has 0 aromatic heterocycles. The van der Waals surface area contributed by atoms with E-state index in [1.54, 1.807) is 7.11 Å². The summed E-state index contributed by atoms with van der Waals surface area (Å²) in [6.07, 6.45) is 0.478. The molecule has 2 aliphatic rings. The van der Waals surface area contributed by atoms with Gasteiger partial charge in [0, 0.05) is 25.2 Å². The Morgan fingerprint density at radius 2 is 2.00 bits per heavy atom. The fourth-order valence-corrected chi connectivity index (χ4v) is 3.89. The third-order valence-corrected chi connectivity index (χ3v) is 5.13. The Morgan fingerprint density at radius 3 is 2.70 bits per heavy atom. The van der Waals surface area contributed by atoms with Crippen molar-refractivity contribution in [1.82, 2.24) is 0 Å². The van der Waals surface area contributed by atoms with Gasteiger partial charge in [0.15, 0.2) is 0 Å². The lowest BCUT2D eigenvalue weighted by molar-refractivity contribution is -0.123. The molecule has 1 aromatic rings. The maximum Gasteiger partial charge on any atom is 0.248 e. The van der Waals surface area contributed by atoms with Gasteiger partial charge in [-0.3, -0.25) is 4.79 Å². The standard InChI is InChI=1S/C18H22F2O3/c1-22-14-4-2-12(3-5-14)10-23-11-16-15-6-7-18(19,20)9-13(15)8-17(16)21/h2-5,13,15-16H,6-11H2,1H3/t13-,15-,16-/m1/s1. The highest BCUT2D eigenvalue weighted by Gasteiger charge is 2.50. The van der Waals surface area contributed by atoms with Crippen molar-refractivity contribution in [2.75, 3.05) is 13.7 Å². The van der Waals surface area contributed by atoms with Crippen LogP contribution in [0.4, 0.5) is 8.78 Å². The number of halogens is 2. The lowest BCUT2D eigenvalue weighted by Crippen LogP contribution is -2.33. The monoisotopic (exact) mass is 324 g/mol. The van der Waals surface area contributed by atoms with Crippen molar-refractivity contribution in [3.8, 4) is 5.75 Å². The van der Waals surface area contributed by atoms with E-state index in [0.717, 1.165) is 11.3 Å². The average molecular weight is 324 g/mol. The number of carbonyl (C=O) groups is 1. The van der Waals surface area contributed by atoms with Gasteiger partial charge in [-0.15, -0.1) is 0 Å². The molecule has 2 fully saturated rings. The normalized spacial score (nSPS) is 29.3. The van der Waals surface area contributed by atoms with Crippen LogP contribution in [0.3, 0.4) is 0 Å². The predicted octanol–water partition coefficient (Wildman–Crippen LogP) is 3.85. The van der Waals surface area contributed by atoms with Gasteiger partial charge >= 0.3 is 0 Å². The Kier molecular flexibility index (Phi) is 4.67. The summed E-state index contributed by atoms with van der Waals surface area (Å²) in [6, 6.07) is 7.55. The third kappa shape index (κ3) is 3.71. The van der Waals surface area contributed by atoms with Crippen molar-refractivity contribution in [1.29, 1.82) is 0 Å². The van der Waals surface area contributed by atoms with Gasteiger partial charge in [0.25, 0.3) is 0 Å². The highest BCUT2D eigenvalue weighted by Crippen LogP contribution is 2.49. The van der Waals surface area contributed by atoms with Gasteiger partial charge in [-0.05, 0) is 36.0 Å². The lowest BCUT2D eigenvalue weighted by Gasteiger charge is -2.33. The zero-order valence-corrected chi connectivity index (χ0v) is 13.3. The highest BCUT2D eigenvalue weighted by molar-refractivity contribution is 5.84. The number of ether oxygens (including phenoxy) is 2. The first kappa shape index (κ1) is 16.4. The SMILES string of the molecule is COc1ccc(COC[C@H]2C(=O)C[C@@H]3CC(F)(F)CC[C@H]32)cc1. The molecule has 3 atom stereocenters. The van der Waals surface area contributed by atoms with Gasteiger partial charge in [-0.25, -0.2) is 8.78 Å². The first-order chi connectivity index (χ1) is 11.0. The van der Waals surface area contributed by atoms with E-state index in [1.165, 1.54) is 0 Å². The number of Topliss-reactive ketones (excluding diaryl/α,β-unsaturated/α-hetero) is 1. The van der Waals surface area contributed by atoms with Gasteiger partial charge < -0.3 is 9.47 Å². The van der Waals surface area contributed by atoms with E-state index in [2.05, 4.69) is 0 Å². The molecule has 2 aliphatic carbocycles. The van der Waals surface area contributed by atoms with E-state index < -0.39 is 5.92 Å². The Balaban J connectivity index is 1.52. The van der Waals surface area contributed by atoms with Crippen LogP contribution in [-0.2, 0) is 16.1 Å². The van der Waals surface area contributed by atoms with Crippen LogP contribution >= 0.6 is 0 Å². The van der Waals surface area contributed by atoms with Crippen molar-refractivity contribution in [3.63, 3.8) is 0 Å². The molecular formula is C18H22F2O3. The molecule has 1 aromatic carbocycles. The van der Waals surface area contributed by atoms with Gasteiger partial charge in [-0.2, -0.15) is 0 Å². The van der Waals surface area contributed by atoms with Crippen LogP contribution in [-0.4, -0.2) is 25.4 Å². The molecule has 0 N–H and O–H groups in total. The summed E-state index contributed by atoms with van der Waals surface area (Å²) in [6.45, 7) is 0.749. The fourth-order valence-electron chi connectivity index (χ4n) is 3.89. The van der Waals surface area contributed by atoms with E-state index in [4.69, 9.17) is 9.47 Å². The molecule has 0 amide bonds. The number of hydrogen-bond acceptors (Lipinski definition) is 3. The van der Waals surface area contributed by atoms with E-state index in [-0.39, 0.29) is 42.8 Å². The minimum Gasteiger partial charge on any atom is -0.497 e. The quantitative estimate of drug-likeness (QED) is 0.825. The van der Waals surface area contributed by atoms with Crippen LogP contribution in [0.2, 0.25) is 0 Å². The van der Waals surface area contributed by atoms with E-state index in [9.17, 15) is 13.6 Å². The Morgan fingerprint density at radius 1 is 1.26 bits per heavy atom. The minimum atomic E-state index is -2.60. The molecule has 0 saturated heterocycles. The van der Waals surface area contributed by atoms with Gasteiger partial charge in [0.1, 0.15) is 11.5 Å². The van der Waals surface area contributed by atoms with Crippen molar-refractivity contribution >= 4 is 5.78 Å². The average Bonchev–Trinajstić information content (AvgIpc) is 2.81. The molecule has 126 valence electrons. The molecule has 0 radical (unpaired) electrons. The number of hydrogen-bond donors (Lipinski definition) is 0. The summed E-state index contributed by atoms with van der Waals surface area (Å²) < 4.78 is 37.8. The van der Waals surface area contributed by atoms with Crippen LogP contribution in [0.25, 0.3) is 0 Å². The van der Waals surface area contributed by atoms with Gasteiger partial charge in [-0.1, -0.05) is 12.1 Å². The summed E-state index contributed by atoms with van der Waals surface area (Å²) in [7, 11) is 1.61. The molecule has 0 aliphatic heterocycles. The Bertz CT molecular complexity index is 556. The van der Waals surface area contributed by atoms with Crippen LogP contribution in [0.1, 0.15) is 31.2 Å². The number of fused-ring (bicyclic) bond motifs is 1. The topological polar surface area (TPSA) is 35.5 Å². The van der Waals surface area contributed by atoms with Gasteiger partial charge in [0.2, 0.25) is 5.92 Å². The van der Waals surface area contributed by atoms with E-state index in [0.29, 0.717) is 19.6 Å². The summed E-state index contributed by atoms with van der Waals surface area (Å²) >= 11 is 0. The molecule has 0 spiro atoms. The van der Waals surface area contributed by atoms with Gasteiger partial charge in [0.05, 0.1) is 20.3 Å². The summed E-state index contributed by atoms with van der Waals surface area (Å²) in [5.41, 5.74) is 1.00. The largest absolute Gasteiger partial charge is 0.497 e. The molecule has 23 heavy (non-hydrogen) atoms. The third-order valence-electron chi connectivity index (χ3n) is 5.13. The summed E-state index contributed by atoms with van der Waals surface area (Å²) in [5, 5.41) is 0. The lowest BCUT2D eigenvalue weighted by atomic mass is 9.76. The molecule has 2 saturated carbocycles. The number of carbonyl (C=O) groups excluding carboxylic acids is 1. The maximum atomic E-state index is 13.5. The zero-order valence-electron chi connectivity index (χ0n) is 13.3. The number of methoxy groups -OCH3 is 1. The van der Waals surface area contributed by atoms with Crippen LogP contribution in [0.15, 0.2) is 24.3 Å². The predicted molar refractivity (Wildman–Crippen MR) is 81.5 cm³/mol. The second-order valence-corrected chi connectivity index (χ2v) is 6.66. The van der Waals surface area contributed by atoms with E-state index >= 15 is 0 Å². The second-order valence-electron chi connectivity index (χ2n) is 6.66. The molecular weight excluding hydrogens is 302 g/mol. The molecule has 3 rings (SSSR count). The maximum absolute atomic E-state index is 13.5. The molecule has 0 unspecified atom stereocenters. The summed E-state index contributed by atoms with van der Waals surface area (Å²) in [5.74, 6) is -2.04. The number of benzene rings is 1. The van der Waals surface area contributed by atoms with Crippen molar-refractivity contribution < 1.29 is 23.0 Å². The molecule has 5 heteroatoms. The van der Waals surface area contributed by atoms with Crippen LogP contribution in [0.5, 0.6) is 5.75 Å². The van der Waals surface area contributed by atoms with Crippen molar-refractivity contribution in [2.45, 2.75) is 38.2 Å². The van der Waals surface area contributed by atoms with Crippen molar-refractivity contribution in [3.05, 3.63) is 29.8 Å². The van der Waals surface area contributed by atoms with E-state index in [1.807, 2.05) is 24.3 Å². The first-order valence-corrected chi connectivity index (χ1v) is 8.10. The Labute approximate surface area is 135 Å². The second kappa shape index (κ2) is 6.56. The smallest absolute Gasteiger partial charge is 0.248 e. The molecule has 0 bridgehead atoms. The molecule has 0 heterocycles. The first-order valence-electron chi connectivity index (χ1n) is 8.10. The number of rotatable bonds is 5. The highest BCUT2D eigenvalue weighted by atomic mass is 19.3. The van der Waals surface area contributed by atoms with Crippen molar-refractivity contribution in [2.24, 2.45) is 17.8 Å². The zero-order chi connectivity index (χ0) is 16.4. The number of ketones is 1. The minimum absolute atomic E-state index is 0.0676. The Hall–Kier alpha value is -1.49.